The summed E-state index contributed by atoms with van der Waals surface area (Å²) in [6.07, 6.45) is 5.24. The Morgan fingerprint density at radius 1 is 1.30 bits per heavy atom. The van der Waals surface area contributed by atoms with Crippen LogP contribution in [0, 0.1) is 17.8 Å². The summed E-state index contributed by atoms with van der Waals surface area (Å²) < 4.78 is 0. The van der Waals surface area contributed by atoms with Gasteiger partial charge in [-0.2, -0.15) is 0 Å². The molecular formula is C15H19NO3S. The molecule has 3 atom stereocenters. The molecular weight excluding hydrogens is 274 g/mol. The molecule has 5 heteroatoms. The third kappa shape index (κ3) is 2.73. The van der Waals surface area contributed by atoms with Gasteiger partial charge >= 0.3 is 5.97 Å². The number of aliphatic carboxylic acids is 1. The number of carboxylic acids is 1. The van der Waals surface area contributed by atoms with E-state index in [9.17, 15) is 9.59 Å². The van der Waals surface area contributed by atoms with Gasteiger partial charge in [-0.05, 0) is 36.6 Å². The number of hydrogen-bond donors (Lipinski definition) is 2. The Labute approximate surface area is 122 Å². The van der Waals surface area contributed by atoms with Crippen molar-refractivity contribution in [3.63, 3.8) is 0 Å². The van der Waals surface area contributed by atoms with E-state index in [1.54, 1.807) is 11.3 Å². The molecule has 0 bridgehead atoms. The van der Waals surface area contributed by atoms with E-state index in [2.05, 4.69) is 11.4 Å². The minimum Gasteiger partial charge on any atom is -0.481 e. The first-order chi connectivity index (χ1) is 9.66. The van der Waals surface area contributed by atoms with Crippen molar-refractivity contribution in [2.45, 2.75) is 38.1 Å². The summed E-state index contributed by atoms with van der Waals surface area (Å²) in [6, 6.07) is 4.14. The predicted octanol–water partition coefficient (Wildman–Crippen LogP) is 2.82. The first-order valence-electron chi connectivity index (χ1n) is 7.23. The van der Waals surface area contributed by atoms with Gasteiger partial charge in [-0.3, -0.25) is 9.59 Å². The summed E-state index contributed by atoms with van der Waals surface area (Å²) in [4.78, 5) is 24.3. The summed E-state index contributed by atoms with van der Waals surface area (Å²) >= 11 is 1.67. The summed E-state index contributed by atoms with van der Waals surface area (Å²) in [5.41, 5.74) is 0. The largest absolute Gasteiger partial charge is 0.481 e. The van der Waals surface area contributed by atoms with Gasteiger partial charge in [-0.1, -0.05) is 18.9 Å². The molecule has 0 spiro atoms. The molecule has 0 radical (unpaired) electrons. The third-order valence-electron chi connectivity index (χ3n) is 4.46. The van der Waals surface area contributed by atoms with Crippen LogP contribution in [0.4, 0.5) is 0 Å². The molecule has 2 saturated carbocycles. The van der Waals surface area contributed by atoms with E-state index in [0.717, 1.165) is 12.8 Å². The van der Waals surface area contributed by atoms with Gasteiger partial charge in [0.2, 0.25) is 5.91 Å². The van der Waals surface area contributed by atoms with Crippen molar-refractivity contribution in [2.75, 3.05) is 0 Å². The maximum atomic E-state index is 12.2. The van der Waals surface area contributed by atoms with E-state index < -0.39 is 11.9 Å². The fourth-order valence-corrected chi connectivity index (χ4v) is 4.07. The van der Waals surface area contributed by atoms with E-state index in [1.807, 2.05) is 11.4 Å². The minimum absolute atomic E-state index is 0.0695. The fraction of sp³-hybridized carbons (Fsp3) is 0.600. The van der Waals surface area contributed by atoms with Crippen molar-refractivity contribution in [3.8, 4) is 0 Å². The third-order valence-corrected chi connectivity index (χ3v) is 5.42. The first kappa shape index (κ1) is 13.6. The maximum Gasteiger partial charge on any atom is 0.307 e. The molecule has 1 aromatic heterocycles. The zero-order chi connectivity index (χ0) is 14.1. The Balaban J connectivity index is 1.67. The molecule has 1 unspecified atom stereocenters. The normalized spacial score (nSPS) is 27.2. The zero-order valence-electron chi connectivity index (χ0n) is 11.2. The first-order valence-corrected chi connectivity index (χ1v) is 8.11. The van der Waals surface area contributed by atoms with Gasteiger partial charge in [0.15, 0.2) is 0 Å². The lowest BCUT2D eigenvalue weighted by Gasteiger charge is -2.23. The van der Waals surface area contributed by atoms with Crippen molar-refractivity contribution in [2.24, 2.45) is 17.8 Å². The highest BCUT2D eigenvalue weighted by Gasteiger charge is 2.49. The van der Waals surface area contributed by atoms with Crippen LogP contribution in [0.2, 0.25) is 0 Å². The molecule has 0 saturated heterocycles. The van der Waals surface area contributed by atoms with Gasteiger partial charge in [-0.15, -0.1) is 11.3 Å². The smallest absolute Gasteiger partial charge is 0.307 e. The standard InChI is InChI=1S/C15H19NO3S/c17-14(10-8-11(10)15(18)19)16-13(9-4-1-2-5-9)12-6-3-7-20-12/h3,6-7,9-11,13H,1-2,4-5,8H2,(H,16,17)(H,18,19)/t10-,11+,13?/m1/s1. The second kappa shape index (κ2) is 5.56. The summed E-state index contributed by atoms with van der Waals surface area (Å²) in [6.45, 7) is 0. The summed E-state index contributed by atoms with van der Waals surface area (Å²) in [5, 5.41) is 14.1. The van der Waals surface area contributed by atoms with Crippen LogP contribution in [-0.4, -0.2) is 17.0 Å². The van der Waals surface area contributed by atoms with Crippen LogP contribution in [0.25, 0.3) is 0 Å². The van der Waals surface area contributed by atoms with Crippen LogP contribution in [0.3, 0.4) is 0 Å². The lowest BCUT2D eigenvalue weighted by atomic mass is 9.96. The monoisotopic (exact) mass is 293 g/mol. The van der Waals surface area contributed by atoms with Gasteiger partial charge < -0.3 is 10.4 Å². The molecule has 1 amide bonds. The number of hydrogen-bond acceptors (Lipinski definition) is 3. The molecule has 2 aliphatic rings. The quantitative estimate of drug-likeness (QED) is 0.877. The molecule has 2 fully saturated rings. The highest BCUT2D eigenvalue weighted by Crippen LogP contribution is 2.41. The van der Waals surface area contributed by atoms with E-state index in [-0.39, 0.29) is 17.9 Å². The average molecular weight is 293 g/mol. The molecule has 2 aliphatic carbocycles. The molecule has 20 heavy (non-hydrogen) atoms. The topological polar surface area (TPSA) is 66.4 Å². The predicted molar refractivity (Wildman–Crippen MR) is 76.4 cm³/mol. The lowest BCUT2D eigenvalue weighted by Crippen LogP contribution is -2.34. The van der Waals surface area contributed by atoms with Gasteiger partial charge in [0, 0.05) is 4.88 Å². The number of carbonyl (C=O) groups is 2. The van der Waals surface area contributed by atoms with Crippen LogP contribution in [0.1, 0.15) is 43.0 Å². The Morgan fingerprint density at radius 2 is 2.05 bits per heavy atom. The molecule has 0 aromatic carbocycles. The Kier molecular flexibility index (Phi) is 3.78. The minimum atomic E-state index is -0.848. The summed E-state index contributed by atoms with van der Waals surface area (Å²) in [5.74, 6) is -1.22. The fourth-order valence-electron chi connectivity index (χ4n) is 3.20. The highest BCUT2D eigenvalue weighted by atomic mass is 32.1. The van der Waals surface area contributed by atoms with Gasteiger partial charge in [-0.25, -0.2) is 0 Å². The van der Waals surface area contributed by atoms with Crippen molar-refractivity contribution < 1.29 is 14.7 Å². The number of carboxylic acid groups (broad SMARTS) is 1. The zero-order valence-corrected chi connectivity index (χ0v) is 12.1. The molecule has 3 rings (SSSR count). The summed E-state index contributed by atoms with van der Waals surface area (Å²) in [7, 11) is 0. The molecule has 1 aromatic rings. The van der Waals surface area contributed by atoms with Crippen LogP contribution < -0.4 is 5.32 Å². The molecule has 108 valence electrons. The second-order valence-electron chi connectivity index (χ2n) is 5.83. The lowest BCUT2D eigenvalue weighted by molar-refractivity contribution is -0.140. The van der Waals surface area contributed by atoms with Gasteiger partial charge in [0.05, 0.1) is 17.9 Å². The molecule has 2 N–H and O–H groups in total. The Hall–Kier alpha value is -1.36. The van der Waals surface area contributed by atoms with Crippen molar-refractivity contribution in [1.82, 2.24) is 5.32 Å². The number of thiophene rings is 1. The van der Waals surface area contributed by atoms with Crippen molar-refractivity contribution >= 4 is 23.2 Å². The highest BCUT2D eigenvalue weighted by molar-refractivity contribution is 7.10. The van der Waals surface area contributed by atoms with E-state index in [4.69, 9.17) is 5.11 Å². The van der Waals surface area contributed by atoms with E-state index >= 15 is 0 Å². The SMILES string of the molecule is O=C(O)[C@H]1C[C@H]1C(=O)NC(c1cccs1)C1CCCC1. The molecule has 1 heterocycles. The maximum absolute atomic E-state index is 12.2. The van der Waals surface area contributed by atoms with Crippen LogP contribution in [0.15, 0.2) is 17.5 Å². The van der Waals surface area contributed by atoms with Crippen molar-refractivity contribution in [1.29, 1.82) is 0 Å². The second-order valence-corrected chi connectivity index (χ2v) is 6.81. The number of carbonyl (C=O) groups excluding carboxylic acids is 1. The van der Waals surface area contributed by atoms with E-state index in [1.165, 1.54) is 17.7 Å². The van der Waals surface area contributed by atoms with Gasteiger partial charge in [0.25, 0.3) is 0 Å². The van der Waals surface area contributed by atoms with Gasteiger partial charge in [0.1, 0.15) is 0 Å². The number of amides is 1. The Morgan fingerprint density at radius 3 is 2.60 bits per heavy atom. The molecule has 0 aliphatic heterocycles. The number of nitrogens with one attached hydrogen (secondary N) is 1. The van der Waals surface area contributed by atoms with Crippen LogP contribution in [-0.2, 0) is 9.59 Å². The number of rotatable bonds is 5. The Bertz CT molecular complexity index is 493. The van der Waals surface area contributed by atoms with Crippen molar-refractivity contribution in [3.05, 3.63) is 22.4 Å². The molecule has 4 nitrogen and oxygen atoms in total. The van der Waals surface area contributed by atoms with Crippen LogP contribution in [0.5, 0.6) is 0 Å². The average Bonchev–Trinajstić information content (AvgIpc) is 2.85. The van der Waals surface area contributed by atoms with E-state index in [0.29, 0.717) is 12.3 Å². The van der Waals surface area contributed by atoms with Crippen LogP contribution >= 0.6 is 11.3 Å².